The number of nitro benzene ring substituents is 1. The number of amides is 1. The average Bonchev–Trinajstić information content (AvgIpc) is 3.04. The largest absolute Gasteiger partial charge is 0.457 e. The summed E-state index contributed by atoms with van der Waals surface area (Å²) in [5.74, 6) is 0.506. The highest BCUT2D eigenvalue weighted by Gasteiger charge is 2.39. The van der Waals surface area contributed by atoms with E-state index in [4.69, 9.17) is 9.47 Å². The lowest BCUT2D eigenvalue weighted by Crippen LogP contribution is -2.19. The van der Waals surface area contributed by atoms with Crippen LogP contribution in [0, 0.1) is 10.1 Å². The first-order valence-corrected chi connectivity index (χ1v) is 14.9. The number of nitrogens with one attached hydrogen (secondary N) is 1. The first kappa shape index (κ1) is 30.6. The van der Waals surface area contributed by atoms with E-state index in [0.717, 1.165) is 17.3 Å². The maximum Gasteiger partial charge on any atom is 0.433 e. The van der Waals surface area contributed by atoms with Gasteiger partial charge < -0.3 is 14.8 Å². The first-order chi connectivity index (χ1) is 22.1. The van der Waals surface area contributed by atoms with Gasteiger partial charge in [-0.1, -0.05) is 54.2 Å². The Morgan fingerprint density at radius 3 is 2.17 bits per heavy atom. The fourth-order valence-corrected chi connectivity index (χ4v) is 5.57. The summed E-state index contributed by atoms with van der Waals surface area (Å²) in [4.78, 5) is 31.8. The van der Waals surface area contributed by atoms with Crippen LogP contribution in [-0.2, 0) is 23.8 Å². The zero-order valence-corrected chi connectivity index (χ0v) is 24.6. The maximum absolute atomic E-state index is 13.9. The molecule has 0 unspecified atom stereocenters. The first-order valence-electron chi connectivity index (χ1n) is 13.9. The summed E-state index contributed by atoms with van der Waals surface area (Å²) >= 11 is 0.810. The molecule has 9 nitrogen and oxygen atoms in total. The summed E-state index contributed by atoms with van der Waals surface area (Å²) in [6.45, 7) is 0. The molecule has 0 aliphatic heterocycles. The number of carbonyl (C=O) groups excluding carboxylic acids is 1. The number of para-hydroxylation sites is 1. The van der Waals surface area contributed by atoms with E-state index in [1.165, 1.54) is 18.2 Å². The second kappa shape index (κ2) is 12.9. The van der Waals surface area contributed by atoms with E-state index in [9.17, 15) is 28.1 Å². The number of nitrogens with zero attached hydrogens (tertiary/aromatic N) is 3. The molecule has 46 heavy (non-hydrogen) atoms. The van der Waals surface area contributed by atoms with Gasteiger partial charge >= 0.3 is 6.18 Å². The highest BCUT2D eigenvalue weighted by Crippen LogP contribution is 2.40. The number of benzene rings is 4. The molecule has 1 amide bonds. The van der Waals surface area contributed by atoms with Crippen molar-refractivity contribution in [3.8, 4) is 34.3 Å². The van der Waals surface area contributed by atoms with Crippen LogP contribution in [0.1, 0.15) is 16.8 Å². The minimum atomic E-state index is -4.66. The van der Waals surface area contributed by atoms with Crippen molar-refractivity contribution in [2.75, 3.05) is 11.1 Å². The topological polar surface area (TPSA) is 116 Å². The number of thioether (sulfide) groups is 1. The Bertz CT molecular complexity index is 1920. The fourth-order valence-electron chi connectivity index (χ4n) is 4.93. The molecule has 1 aliphatic carbocycles. The number of nitro groups is 1. The predicted molar refractivity (Wildman–Crippen MR) is 165 cm³/mol. The molecule has 232 valence electrons. The Hall–Kier alpha value is -5.43. The maximum atomic E-state index is 13.9. The van der Waals surface area contributed by atoms with Crippen molar-refractivity contribution < 1.29 is 32.4 Å². The zero-order valence-electron chi connectivity index (χ0n) is 23.8. The van der Waals surface area contributed by atoms with Crippen LogP contribution in [0.2, 0.25) is 0 Å². The number of hydrogen-bond donors (Lipinski definition) is 1. The van der Waals surface area contributed by atoms with E-state index in [0.29, 0.717) is 29.2 Å². The van der Waals surface area contributed by atoms with Gasteiger partial charge in [-0.3, -0.25) is 14.9 Å². The van der Waals surface area contributed by atoms with Crippen LogP contribution in [0.5, 0.6) is 23.0 Å². The Morgan fingerprint density at radius 1 is 0.848 bits per heavy atom. The monoisotopic (exact) mass is 644 g/mol. The second-order valence-electron chi connectivity index (χ2n) is 10.1. The third-order valence-corrected chi connectivity index (χ3v) is 7.78. The average molecular weight is 645 g/mol. The van der Waals surface area contributed by atoms with Crippen molar-refractivity contribution in [2.45, 2.75) is 24.2 Å². The number of carbonyl (C=O) groups is 1. The van der Waals surface area contributed by atoms with Gasteiger partial charge in [0.2, 0.25) is 5.91 Å². The normalized spacial score (nSPS) is 12.1. The number of alkyl halides is 3. The number of rotatable bonds is 9. The van der Waals surface area contributed by atoms with E-state index < -0.39 is 22.7 Å². The van der Waals surface area contributed by atoms with Crippen LogP contribution in [0.3, 0.4) is 0 Å². The minimum Gasteiger partial charge on any atom is -0.457 e. The molecule has 0 spiro atoms. The molecule has 0 radical (unpaired) electrons. The Kier molecular flexibility index (Phi) is 8.57. The molecule has 0 saturated carbocycles. The lowest BCUT2D eigenvalue weighted by molar-refractivity contribution is -0.385. The number of anilines is 1. The molecule has 0 saturated heterocycles. The Balaban J connectivity index is 1.12. The van der Waals surface area contributed by atoms with E-state index in [1.807, 2.05) is 18.2 Å². The molecule has 13 heteroatoms. The smallest absolute Gasteiger partial charge is 0.433 e. The summed E-state index contributed by atoms with van der Waals surface area (Å²) < 4.78 is 53.3. The van der Waals surface area contributed by atoms with Gasteiger partial charge in [0.1, 0.15) is 23.0 Å². The molecule has 6 rings (SSSR count). The van der Waals surface area contributed by atoms with Crippen molar-refractivity contribution in [3.63, 3.8) is 0 Å². The van der Waals surface area contributed by atoms with Crippen LogP contribution in [0.15, 0.2) is 102 Å². The standard InChI is InChI=1S/C33H23F3N4O5S/c34-33(35,36)31-28-15-10-20-6-4-5-9-27(20)30(28)38-32(39-31)46-19-29(41)37-21-11-13-24(14-12-21)45-26-17-22(40(42)43)16-25(18-26)44-23-7-2-1-3-8-23/h1-9,11-14,16-18H,10,15,19H2,(H,37,41). The zero-order chi connectivity index (χ0) is 32.3. The molecule has 1 aliphatic rings. The number of non-ortho nitro benzene ring substituents is 1. The van der Waals surface area contributed by atoms with Crippen molar-refractivity contribution in [1.29, 1.82) is 0 Å². The van der Waals surface area contributed by atoms with Gasteiger partial charge in [0.15, 0.2) is 10.9 Å². The molecular formula is C33H23F3N4O5S. The van der Waals surface area contributed by atoms with Gasteiger partial charge in [-0.25, -0.2) is 9.97 Å². The summed E-state index contributed by atoms with van der Waals surface area (Å²) in [6, 6.07) is 26.3. The number of ether oxygens (including phenoxy) is 2. The van der Waals surface area contributed by atoms with Crippen molar-refractivity contribution >= 4 is 29.0 Å². The Labute approximate surface area is 264 Å². The number of hydrogen-bond acceptors (Lipinski definition) is 8. The van der Waals surface area contributed by atoms with Crippen LogP contribution in [-0.4, -0.2) is 26.6 Å². The molecule has 1 heterocycles. The van der Waals surface area contributed by atoms with Gasteiger partial charge in [-0.2, -0.15) is 13.2 Å². The van der Waals surface area contributed by atoms with Gasteiger partial charge in [0.05, 0.1) is 28.5 Å². The summed E-state index contributed by atoms with van der Waals surface area (Å²) in [6.07, 6.45) is -4.03. The van der Waals surface area contributed by atoms with E-state index in [-0.39, 0.29) is 45.8 Å². The molecular weight excluding hydrogens is 621 g/mol. The summed E-state index contributed by atoms with van der Waals surface area (Å²) in [5.41, 5.74) is 1.05. The van der Waals surface area contributed by atoms with E-state index >= 15 is 0 Å². The Morgan fingerprint density at radius 2 is 1.50 bits per heavy atom. The molecule has 1 N–H and O–H groups in total. The molecule has 0 fully saturated rings. The lowest BCUT2D eigenvalue weighted by atomic mass is 9.88. The van der Waals surface area contributed by atoms with E-state index in [1.54, 1.807) is 60.7 Å². The quantitative estimate of drug-likeness (QED) is 0.0735. The third-order valence-electron chi connectivity index (χ3n) is 6.93. The number of halogens is 3. The predicted octanol–water partition coefficient (Wildman–Crippen LogP) is 8.48. The number of fused-ring (bicyclic) bond motifs is 3. The fraction of sp³-hybridized carbons (Fsp3) is 0.121. The van der Waals surface area contributed by atoms with E-state index in [2.05, 4.69) is 15.3 Å². The molecule has 0 bridgehead atoms. The minimum absolute atomic E-state index is 0.0624. The van der Waals surface area contributed by atoms with Crippen LogP contribution >= 0.6 is 11.8 Å². The number of aryl methyl sites for hydroxylation is 1. The number of aromatic nitrogens is 2. The third kappa shape index (κ3) is 7.10. The van der Waals surface area contributed by atoms with Crippen LogP contribution < -0.4 is 14.8 Å². The van der Waals surface area contributed by atoms with Crippen molar-refractivity contribution in [2.24, 2.45) is 0 Å². The lowest BCUT2D eigenvalue weighted by Gasteiger charge is -2.22. The van der Waals surface area contributed by atoms with Crippen molar-refractivity contribution in [1.82, 2.24) is 9.97 Å². The highest BCUT2D eigenvalue weighted by atomic mass is 32.2. The summed E-state index contributed by atoms with van der Waals surface area (Å²) in [5, 5.41) is 14.0. The second-order valence-corrected chi connectivity index (χ2v) is 11.1. The molecule has 1 aromatic heterocycles. The molecule has 4 aromatic carbocycles. The molecule has 5 aromatic rings. The summed E-state index contributed by atoms with van der Waals surface area (Å²) in [7, 11) is 0. The van der Waals surface area contributed by atoms with Crippen molar-refractivity contribution in [3.05, 3.63) is 124 Å². The van der Waals surface area contributed by atoms with Crippen LogP contribution in [0.25, 0.3) is 11.3 Å². The van der Waals surface area contributed by atoms with Gasteiger partial charge in [-0.05, 0) is 54.8 Å². The van der Waals surface area contributed by atoms with Gasteiger partial charge in [-0.15, -0.1) is 0 Å². The van der Waals surface area contributed by atoms with Crippen LogP contribution in [0.4, 0.5) is 24.5 Å². The SMILES string of the molecule is O=C(CSc1nc2c(c(C(F)(F)F)n1)CCc1ccccc1-2)Nc1ccc(Oc2cc(Oc3ccccc3)cc([N+](=O)[O-])c2)cc1. The van der Waals surface area contributed by atoms with Gasteiger partial charge in [0, 0.05) is 22.9 Å². The van der Waals surface area contributed by atoms with Gasteiger partial charge in [0.25, 0.3) is 5.69 Å². The highest BCUT2D eigenvalue weighted by molar-refractivity contribution is 7.99. The molecule has 0 atom stereocenters.